The molecule has 2 rings (SSSR count). The lowest BCUT2D eigenvalue weighted by atomic mass is 9.92. The van der Waals surface area contributed by atoms with Crippen LogP contribution in [0.15, 0.2) is 0 Å². The van der Waals surface area contributed by atoms with Crippen LogP contribution < -0.4 is 5.32 Å². The molecule has 4 unspecified atom stereocenters. The van der Waals surface area contributed by atoms with Crippen molar-refractivity contribution >= 4 is 0 Å². The van der Waals surface area contributed by atoms with E-state index in [4.69, 9.17) is 4.74 Å². The van der Waals surface area contributed by atoms with Crippen LogP contribution in [0.5, 0.6) is 0 Å². The summed E-state index contributed by atoms with van der Waals surface area (Å²) in [6.45, 7) is 3.63. The van der Waals surface area contributed by atoms with E-state index in [1.807, 2.05) is 7.11 Å². The van der Waals surface area contributed by atoms with Gasteiger partial charge in [-0.05, 0) is 56.9 Å². The molecule has 0 aliphatic heterocycles. The van der Waals surface area contributed by atoms with Gasteiger partial charge in [0.05, 0.1) is 6.10 Å². The van der Waals surface area contributed by atoms with Crippen LogP contribution in [0.3, 0.4) is 0 Å². The topological polar surface area (TPSA) is 21.3 Å². The molecule has 2 fully saturated rings. The second-order valence-electron chi connectivity index (χ2n) is 5.91. The molecule has 0 aromatic rings. The lowest BCUT2D eigenvalue weighted by molar-refractivity contribution is 0.0582. The molecule has 0 aromatic heterocycles. The summed E-state index contributed by atoms with van der Waals surface area (Å²) in [5, 5.41) is 3.77. The Hall–Kier alpha value is -0.0800. The molecule has 2 aliphatic rings. The van der Waals surface area contributed by atoms with Crippen molar-refractivity contribution in [2.45, 2.75) is 64.0 Å². The van der Waals surface area contributed by atoms with Gasteiger partial charge in [0, 0.05) is 13.2 Å². The van der Waals surface area contributed by atoms with E-state index in [1.165, 1.54) is 51.5 Å². The third kappa shape index (κ3) is 3.46. The van der Waals surface area contributed by atoms with E-state index in [2.05, 4.69) is 12.2 Å². The zero-order chi connectivity index (χ0) is 11.4. The highest BCUT2D eigenvalue weighted by molar-refractivity contribution is 4.81. The molecule has 0 aromatic carbocycles. The van der Waals surface area contributed by atoms with E-state index in [0.717, 1.165) is 17.9 Å². The minimum atomic E-state index is 0.508. The molecule has 16 heavy (non-hydrogen) atoms. The highest BCUT2D eigenvalue weighted by Crippen LogP contribution is 2.30. The number of hydrogen-bond acceptors (Lipinski definition) is 2. The van der Waals surface area contributed by atoms with Gasteiger partial charge in [-0.2, -0.15) is 0 Å². The van der Waals surface area contributed by atoms with Gasteiger partial charge >= 0.3 is 0 Å². The Balaban J connectivity index is 1.65. The first-order valence-electron chi connectivity index (χ1n) is 7.04. The largest absolute Gasteiger partial charge is 0.381 e. The molecular formula is C14H27NO. The van der Waals surface area contributed by atoms with Crippen LogP contribution in [0.25, 0.3) is 0 Å². The van der Waals surface area contributed by atoms with Crippen molar-refractivity contribution in [2.75, 3.05) is 13.7 Å². The monoisotopic (exact) mass is 225 g/mol. The Morgan fingerprint density at radius 1 is 1.12 bits per heavy atom. The first-order valence-corrected chi connectivity index (χ1v) is 7.04. The van der Waals surface area contributed by atoms with E-state index in [1.54, 1.807) is 0 Å². The van der Waals surface area contributed by atoms with Crippen LogP contribution in [0.2, 0.25) is 0 Å². The van der Waals surface area contributed by atoms with E-state index < -0.39 is 0 Å². The maximum absolute atomic E-state index is 5.47. The smallest absolute Gasteiger partial charge is 0.0586 e. The molecule has 0 bridgehead atoms. The van der Waals surface area contributed by atoms with Crippen molar-refractivity contribution in [3.63, 3.8) is 0 Å². The number of hydrogen-bond donors (Lipinski definition) is 1. The number of rotatable bonds is 4. The van der Waals surface area contributed by atoms with Crippen molar-refractivity contribution < 1.29 is 4.74 Å². The molecule has 94 valence electrons. The Labute approximate surface area is 100 Å². The molecule has 2 saturated carbocycles. The van der Waals surface area contributed by atoms with Crippen molar-refractivity contribution in [3.8, 4) is 0 Å². The van der Waals surface area contributed by atoms with Crippen LogP contribution in [-0.4, -0.2) is 25.8 Å². The van der Waals surface area contributed by atoms with Crippen molar-refractivity contribution in [3.05, 3.63) is 0 Å². The first-order chi connectivity index (χ1) is 7.78. The molecule has 0 heterocycles. The average Bonchev–Trinajstić information content (AvgIpc) is 2.73. The summed E-state index contributed by atoms with van der Waals surface area (Å²) in [5.41, 5.74) is 0. The van der Waals surface area contributed by atoms with Crippen molar-refractivity contribution in [1.82, 2.24) is 5.32 Å². The quantitative estimate of drug-likeness (QED) is 0.794. The van der Waals surface area contributed by atoms with Crippen LogP contribution in [0, 0.1) is 11.8 Å². The number of nitrogens with one attached hydrogen (secondary N) is 1. The standard InChI is InChI=1S/C14H27NO/c1-11-6-7-12(8-11)10-15-13-4-3-5-14(9-13)16-2/h11-15H,3-10H2,1-2H3. The zero-order valence-corrected chi connectivity index (χ0v) is 10.9. The maximum Gasteiger partial charge on any atom is 0.0586 e. The predicted molar refractivity (Wildman–Crippen MR) is 67.6 cm³/mol. The van der Waals surface area contributed by atoms with Crippen molar-refractivity contribution in [2.24, 2.45) is 11.8 Å². The highest BCUT2D eigenvalue weighted by atomic mass is 16.5. The van der Waals surface area contributed by atoms with E-state index in [0.29, 0.717) is 6.10 Å². The molecule has 0 spiro atoms. The highest BCUT2D eigenvalue weighted by Gasteiger charge is 2.24. The number of ether oxygens (including phenoxy) is 1. The van der Waals surface area contributed by atoms with Crippen LogP contribution in [0.4, 0.5) is 0 Å². The molecule has 0 saturated heterocycles. The average molecular weight is 225 g/mol. The minimum Gasteiger partial charge on any atom is -0.381 e. The minimum absolute atomic E-state index is 0.508. The van der Waals surface area contributed by atoms with Gasteiger partial charge in [0.15, 0.2) is 0 Å². The summed E-state index contributed by atoms with van der Waals surface area (Å²) in [5.74, 6) is 1.91. The van der Waals surface area contributed by atoms with Gasteiger partial charge < -0.3 is 10.1 Å². The molecule has 1 N–H and O–H groups in total. The van der Waals surface area contributed by atoms with Gasteiger partial charge in [-0.1, -0.05) is 13.3 Å². The summed E-state index contributed by atoms with van der Waals surface area (Å²) in [4.78, 5) is 0. The Morgan fingerprint density at radius 3 is 2.69 bits per heavy atom. The number of methoxy groups -OCH3 is 1. The van der Waals surface area contributed by atoms with Gasteiger partial charge in [0.1, 0.15) is 0 Å². The Kier molecular flexibility index (Phi) is 4.66. The summed E-state index contributed by atoms with van der Waals surface area (Å²) in [6.07, 6.45) is 9.99. The zero-order valence-electron chi connectivity index (χ0n) is 10.9. The molecule has 2 nitrogen and oxygen atoms in total. The summed E-state index contributed by atoms with van der Waals surface area (Å²) < 4.78 is 5.47. The second kappa shape index (κ2) is 6.02. The van der Waals surface area contributed by atoms with E-state index in [-0.39, 0.29) is 0 Å². The summed E-state index contributed by atoms with van der Waals surface area (Å²) in [6, 6.07) is 0.717. The fourth-order valence-electron chi connectivity index (χ4n) is 3.39. The SMILES string of the molecule is COC1CCCC(NCC2CCC(C)C2)C1. The van der Waals surface area contributed by atoms with Gasteiger partial charge in [0.25, 0.3) is 0 Å². The Morgan fingerprint density at radius 2 is 2.00 bits per heavy atom. The second-order valence-corrected chi connectivity index (χ2v) is 5.91. The van der Waals surface area contributed by atoms with Gasteiger partial charge in [-0.15, -0.1) is 0 Å². The molecular weight excluding hydrogens is 198 g/mol. The van der Waals surface area contributed by atoms with Gasteiger partial charge in [0.2, 0.25) is 0 Å². The Bertz CT molecular complexity index is 207. The summed E-state index contributed by atoms with van der Waals surface area (Å²) >= 11 is 0. The molecule has 2 aliphatic carbocycles. The van der Waals surface area contributed by atoms with E-state index in [9.17, 15) is 0 Å². The van der Waals surface area contributed by atoms with Crippen LogP contribution in [0.1, 0.15) is 51.9 Å². The maximum atomic E-state index is 5.47. The predicted octanol–water partition coefficient (Wildman–Crippen LogP) is 2.97. The third-order valence-corrected chi connectivity index (χ3v) is 4.46. The van der Waals surface area contributed by atoms with Gasteiger partial charge in [-0.3, -0.25) is 0 Å². The van der Waals surface area contributed by atoms with E-state index >= 15 is 0 Å². The van der Waals surface area contributed by atoms with Gasteiger partial charge in [-0.25, -0.2) is 0 Å². The van der Waals surface area contributed by atoms with Crippen molar-refractivity contribution in [1.29, 1.82) is 0 Å². The fraction of sp³-hybridized carbons (Fsp3) is 1.00. The lowest BCUT2D eigenvalue weighted by Crippen LogP contribution is -2.38. The first kappa shape index (κ1) is 12.4. The lowest BCUT2D eigenvalue weighted by Gasteiger charge is -2.29. The van der Waals surface area contributed by atoms with Crippen LogP contribution >= 0.6 is 0 Å². The molecule has 4 atom stereocenters. The summed E-state index contributed by atoms with van der Waals surface area (Å²) in [7, 11) is 1.85. The third-order valence-electron chi connectivity index (χ3n) is 4.46. The molecule has 2 heteroatoms. The molecule has 0 amide bonds. The normalized spacial score (nSPS) is 40.1. The van der Waals surface area contributed by atoms with Crippen LogP contribution in [-0.2, 0) is 4.74 Å². The molecule has 0 radical (unpaired) electrons. The fourth-order valence-corrected chi connectivity index (χ4v) is 3.39.